The summed E-state index contributed by atoms with van der Waals surface area (Å²) in [5.41, 5.74) is 0. The Morgan fingerprint density at radius 2 is 2.38 bits per heavy atom. The second-order valence-corrected chi connectivity index (χ2v) is 6.23. The minimum Gasteiger partial charge on any atom is -0.375 e. The largest absolute Gasteiger partial charge is 0.375 e. The van der Waals surface area contributed by atoms with Crippen LogP contribution in [0.5, 0.6) is 0 Å². The maximum Gasteiger partial charge on any atom is 0.225 e. The number of carbonyl (C=O) groups excluding carboxylic acids is 1. The smallest absolute Gasteiger partial charge is 0.225 e. The third kappa shape index (κ3) is 3.11. The lowest BCUT2D eigenvalue weighted by atomic mass is 9.81. The Hall–Kier alpha value is -1.40. The van der Waals surface area contributed by atoms with Gasteiger partial charge in [-0.25, -0.2) is 4.98 Å². The number of H-pyrrole nitrogens is 1. The fraction of sp³-hybridized carbons (Fsp3) is 0.733. The van der Waals surface area contributed by atoms with Gasteiger partial charge in [-0.1, -0.05) is 0 Å². The Morgan fingerprint density at radius 3 is 3.10 bits per heavy atom. The summed E-state index contributed by atoms with van der Waals surface area (Å²) in [6.45, 7) is 2.49. The van der Waals surface area contributed by atoms with Crippen molar-refractivity contribution in [3.8, 4) is 0 Å². The minimum absolute atomic E-state index is 0.127. The summed E-state index contributed by atoms with van der Waals surface area (Å²) in [6, 6.07) is 0.325. The fourth-order valence-corrected chi connectivity index (χ4v) is 3.55. The average Bonchev–Trinajstić information content (AvgIpc) is 2.99. The van der Waals surface area contributed by atoms with Crippen LogP contribution in [0.3, 0.4) is 0 Å². The lowest BCUT2D eigenvalue weighted by molar-refractivity contribution is -0.141. The van der Waals surface area contributed by atoms with Crippen LogP contribution in [0.2, 0.25) is 0 Å². The number of amides is 1. The van der Waals surface area contributed by atoms with E-state index in [2.05, 4.69) is 14.9 Å². The van der Waals surface area contributed by atoms with E-state index in [-0.39, 0.29) is 17.9 Å². The van der Waals surface area contributed by atoms with Crippen molar-refractivity contribution in [3.05, 3.63) is 18.2 Å². The second kappa shape index (κ2) is 6.15. The highest BCUT2D eigenvalue weighted by Crippen LogP contribution is 2.33. The zero-order valence-electron chi connectivity index (χ0n) is 12.8. The molecule has 0 aromatic carbocycles. The SMILES string of the molecule is CN(C)C(=O)[C@H]1CC[C@H]2OCCN(Cc3ncc[nH]3)[C@@H]2C1. The highest BCUT2D eigenvalue weighted by atomic mass is 16.5. The van der Waals surface area contributed by atoms with E-state index in [4.69, 9.17) is 4.74 Å². The summed E-state index contributed by atoms with van der Waals surface area (Å²) in [5, 5.41) is 0. The molecule has 2 aliphatic rings. The summed E-state index contributed by atoms with van der Waals surface area (Å²) in [5.74, 6) is 1.36. The molecular weight excluding hydrogens is 268 g/mol. The Kier molecular flexibility index (Phi) is 4.26. The first kappa shape index (κ1) is 14.5. The number of aromatic amines is 1. The maximum absolute atomic E-state index is 12.2. The Balaban J connectivity index is 1.69. The van der Waals surface area contributed by atoms with E-state index in [1.165, 1.54) is 0 Å². The van der Waals surface area contributed by atoms with Crippen molar-refractivity contribution >= 4 is 5.91 Å². The molecule has 0 radical (unpaired) electrons. The van der Waals surface area contributed by atoms with Crippen molar-refractivity contribution in [2.24, 2.45) is 5.92 Å². The molecule has 21 heavy (non-hydrogen) atoms. The number of hydrogen-bond acceptors (Lipinski definition) is 4. The average molecular weight is 292 g/mol. The second-order valence-electron chi connectivity index (χ2n) is 6.23. The number of carbonyl (C=O) groups is 1. The Labute approximate surface area is 125 Å². The maximum atomic E-state index is 12.2. The molecule has 116 valence electrons. The highest BCUT2D eigenvalue weighted by molar-refractivity contribution is 5.78. The first-order valence-corrected chi connectivity index (χ1v) is 7.70. The van der Waals surface area contributed by atoms with E-state index in [1.54, 1.807) is 11.1 Å². The number of imidazole rings is 1. The van der Waals surface area contributed by atoms with Crippen LogP contribution in [0.1, 0.15) is 25.1 Å². The normalized spacial score (nSPS) is 29.9. The van der Waals surface area contributed by atoms with Crippen molar-refractivity contribution in [1.29, 1.82) is 0 Å². The Morgan fingerprint density at radius 1 is 1.52 bits per heavy atom. The molecule has 6 nitrogen and oxygen atoms in total. The molecule has 3 atom stereocenters. The Bertz CT molecular complexity index is 474. The molecule has 1 saturated heterocycles. The molecule has 1 aliphatic carbocycles. The quantitative estimate of drug-likeness (QED) is 0.898. The molecule has 0 bridgehead atoms. The number of fused-ring (bicyclic) bond motifs is 1. The van der Waals surface area contributed by atoms with E-state index in [9.17, 15) is 4.79 Å². The number of aromatic nitrogens is 2. The van der Waals surface area contributed by atoms with Crippen LogP contribution in [-0.4, -0.2) is 65.1 Å². The molecular formula is C15H24N4O2. The third-order valence-corrected chi connectivity index (χ3v) is 4.63. The molecule has 3 rings (SSSR count). The van der Waals surface area contributed by atoms with Crippen molar-refractivity contribution in [1.82, 2.24) is 19.8 Å². The van der Waals surface area contributed by atoms with E-state index >= 15 is 0 Å². The van der Waals surface area contributed by atoms with Gasteiger partial charge in [0.25, 0.3) is 0 Å². The number of hydrogen-bond donors (Lipinski definition) is 1. The molecule has 2 fully saturated rings. The molecule has 1 N–H and O–H groups in total. The summed E-state index contributed by atoms with van der Waals surface area (Å²) in [7, 11) is 3.68. The zero-order chi connectivity index (χ0) is 14.8. The van der Waals surface area contributed by atoms with Crippen LogP contribution in [0.25, 0.3) is 0 Å². The van der Waals surface area contributed by atoms with Gasteiger partial charge in [-0.05, 0) is 19.3 Å². The van der Waals surface area contributed by atoms with Crippen molar-refractivity contribution < 1.29 is 9.53 Å². The number of ether oxygens (including phenoxy) is 1. The van der Waals surface area contributed by atoms with Crippen LogP contribution in [-0.2, 0) is 16.1 Å². The van der Waals surface area contributed by atoms with Crippen LogP contribution in [0, 0.1) is 5.92 Å². The van der Waals surface area contributed by atoms with Crippen molar-refractivity contribution in [2.45, 2.75) is 38.0 Å². The highest BCUT2D eigenvalue weighted by Gasteiger charge is 2.40. The first-order valence-electron chi connectivity index (χ1n) is 7.70. The van der Waals surface area contributed by atoms with Crippen LogP contribution < -0.4 is 0 Å². The van der Waals surface area contributed by atoms with Gasteiger partial charge < -0.3 is 14.6 Å². The van der Waals surface area contributed by atoms with E-state index in [0.29, 0.717) is 6.04 Å². The molecule has 0 spiro atoms. The number of nitrogens with one attached hydrogen (secondary N) is 1. The predicted molar refractivity (Wildman–Crippen MR) is 78.6 cm³/mol. The summed E-state index contributed by atoms with van der Waals surface area (Å²) >= 11 is 0. The third-order valence-electron chi connectivity index (χ3n) is 4.63. The molecule has 1 aliphatic heterocycles. The van der Waals surface area contributed by atoms with Crippen LogP contribution in [0.15, 0.2) is 12.4 Å². The molecule has 6 heteroatoms. The molecule has 1 aromatic rings. The van der Waals surface area contributed by atoms with Gasteiger partial charge in [0.1, 0.15) is 5.82 Å². The molecule has 1 aromatic heterocycles. The van der Waals surface area contributed by atoms with Gasteiger partial charge in [-0.3, -0.25) is 9.69 Å². The first-order chi connectivity index (χ1) is 10.1. The monoisotopic (exact) mass is 292 g/mol. The number of rotatable bonds is 3. The summed E-state index contributed by atoms with van der Waals surface area (Å²) < 4.78 is 5.92. The minimum atomic E-state index is 0.127. The van der Waals surface area contributed by atoms with E-state index in [1.807, 2.05) is 20.3 Å². The number of nitrogens with zero attached hydrogens (tertiary/aromatic N) is 3. The molecule has 1 saturated carbocycles. The van der Waals surface area contributed by atoms with Gasteiger partial charge in [-0.2, -0.15) is 0 Å². The van der Waals surface area contributed by atoms with Gasteiger partial charge in [0.2, 0.25) is 5.91 Å². The van der Waals surface area contributed by atoms with Crippen molar-refractivity contribution in [2.75, 3.05) is 27.2 Å². The molecule has 0 unspecified atom stereocenters. The summed E-state index contributed by atoms with van der Waals surface area (Å²) in [4.78, 5) is 23.9. The lowest BCUT2D eigenvalue weighted by Gasteiger charge is -2.45. The van der Waals surface area contributed by atoms with Crippen LogP contribution in [0.4, 0.5) is 0 Å². The molecule has 1 amide bonds. The lowest BCUT2D eigenvalue weighted by Crippen LogP contribution is -2.54. The van der Waals surface area contributed by atoms with Crippen LogP contribution >= 0.6 is 0 Å². The van der Waals surface area contributed by atoms with Gasteiger partial charge in [0.15, 0.2) is 0 Å². The predicted octanol–water partition coefficient (Wildman–Crippen LogP) is 0.867. The van der Waals surface area contributed by atoms with E-state index in [0.717, 1.165) is 44.8 Å². The van der Waals surface area contributed by atoms with Crippen molar-refractivity contribution in [3.63, 3.8) is 0 Å². The van der Waals surface area contributed by atoms with Gasteiger partial charge in [-0.15, -0.1) is 0 Å². The molecule has 2 heterocycles. The van der Waals surface area contributed by atoms with Gasteiger partial charge in [0, 0.05) is 45.0 Å². The van der Waals surface area contributed by atoms with Gasteiger partial charge in [0.05, 0.1) is 19.3 Å². The topological polar surface area (TPSA) is 61.5 Å². The standard InChI is InChI=1S/C15H24N4O2/c1-18(2)15(20)11-3-4-13-12(9-11)19(7-8-21-13)10-14-16-5-6-17-14/h5-6,11-13H,3-4,7-10H2,1-2H3,(H,16,17)/t11-,12+,13+/m0/s1. The fourth-order valence-electron chi connectivity index (χ4n) is 3.55. The summed E-state index contributed by atoms with van der Waals surface area (Å²) in [6.07, 6.45) is 6.71. The zero-order valence-corrected chi connectivity index (χ0v) is 12.8. The number of morpholine rings is 1. The van der Waals surface area contributed by atoms with Gasteiger partial charge >= 0.3 is 0 Å². The van der Waals surface area contributed by atoms with E-state index < -0.39 is 0 Å².